The molecule has 1 N–H and O–H groups in total. The Bertz CT molecular complexity index is 344. The lowest BCUT2D eigenvalue weighted by Gasteiger charge is -1.97. The summed E-state index contributed by atoms with van der Waals surface area (Å²) in [5.41, 5.74) is 0.933. The normalized spacial score (nSPS) is 10.8. The maximum atomic E-state index is 11.3. The predicted octanol–water partition coefficient (Wildman–Crippen LogP) is 2.16. The zero-order chi connectivity index (χ0) is 11.1. The van der Waals surface area contributed by atoms with E-state index in [1.54, 1.807) is 0 Å². The van der Waals surface area contributed by atoms with Crippen molar-refractivity contribution in [1.29, 1.82) is 0 Å². The Morgan fingerprint density at radius 3 is 3.13 bits per heavy atom. The maximum Gasteiger partial charge on any atom is 0.348 e. The highest BCUT2D eigenvalue weighted by atomic mass is 32.1. The minimum Gasteiger partial charge on any atom is -0.465 e. The molecule has 1 aromatic rings. The summed E-state index contributed by atoms with van der Waals surface area (Å²) in [6, 6.07) is 1.92. The van der Waals surface area contributed by atoms with E-state index < -0.39 is 0 Å². The molecule has 0 atom stereocenters. The molecule has 0 bridgehead atoms. The van der Waals surface area contributed by atoms with Gasteiger partial charge in [0.05, 0.1) is 7.11 Å². The van der Waals surface area contributed by atoms with Crippen molar-refractivity contribution in [3.63, 3.8) is 0 Å². The van der Waals surface area contributed by atoms with Gasteiger partial charge in [-0.1, -0.05) is 12.2 Å². The fraction of sp³-hybridized carbons (Fsp3) is 0.364. The van der Waals surface area contributed by atoms with Gasteiger partial charge in [0.1, 0.15) is 4.88 Å². The van der Waals surface area contributed by atoms with Gasteiger partial charge in [-0.25, -0.2) is 4.79 Å². The van der Waals surface area contributed by atoms with Crippen molar-refractivity contribution in [2.45, 2.75) is 6.42 Å². The molecule has 0 fully saturated rings. The molecule has 0 unspecified atom stereocenters. The lowest BCUT2D eigenvalue weighted by molar-refractivity contribution is 0.0606. The average Bonchev–Trinajstić information content (AvgIpc) is 2.71. The van der Waals surface area contributed by atoms with Crippen molar-refractivity contribution in [1.82, 2.24) is 5.32 Å². The first-order valence-electron chi connectivity index (χ1n) is 4.76. The second kappa shape index (κ2) is 6.37. The predicted molar refractivity (Wildman–Crippen MR) is 63.2 cm³/mol. The minimum atomic E-state index is -0.265. The van der Waals surface area contributed by atoms with Crippen LogP contribution in [0.15, 0.2) is 17.5 Å². The van der Waals surface area contributed by atoms with Crippen LogP contribution in [-0.4, -0.2) is 26.7 Å². The molecule has 3 nitrogen and oxygen atoms in total. The molecule has 0 aliphatic carbocycles. The van der Waals surface area contributed by atoms with E-state index in [4.69, 9.17) is 0 Å². The van der Waals surface area contributed by atoms with Crippen LogP contribution in [0, 0.1) is 0 Å². The molecule has 0 saturated carbocycles. The van der Waals surface area contributed by atoms with Crippen molar-refractivity contribution in [3.8, 4) is 0 Å². The third-order valence-corrected chi connectivity index (χ3v) is 2.84. The molecular weight excluding hydrogens is 210 g/mol. The number of esters is 1. The van der Waals surface area contributed by atoms with Gasteiger partial charge in [0.15, 0.2) is 0 Å². The second-order valence-electron chi connectivity index (χ2n) is 2.99. The lowest BCUT2D eigenvalue weighted by atomic mass is 10.2. The van der Waals surface area contributed by atoms with Crippen molar-refractivity contribution < 1.29 is 9.53 Å². The van der Waals surface area contributed by atoms with Gasteiger partial charge < -0.3 is 10.1 Å². The highest BCUT2D eigenvalue weighted by molar-refractivity contribution is 7.12. The average molecular weight is 225 g/mol. The molecule has 1 aromatic heterocycles. The molecule has 4 heteroatoms. The largest absolute Gasteiger partial charge is 0.465 e. The van der Waals surface area contributed by atoms with E-state index in [-0.39, 0.29) is 5.97 Å². The van der Waals surface area contributed by atoms with E-state index in [9.17, 15) is 4.79 Å². The fourth-order valence-corrected chi connectivity index (χ4v) is 1.95. The Balaban J connectivity index is 2.65. The van der Waals surface area contributed by atoms with Gasteiger partial charge in [0, 0.05) is 0 Å². The second-order valence-corrected chi connectivity index (χ2v) is 3.91. The summed E-state index contributed by atoms with van der Waals surface area (Å²) in [4.78, 5) is 12.0. The summed E-state index contributed by atoms with van der Waals surface area (Å²) < 4.78 is 4.69. The summed E-state index contributed by atoms with van der Waals surface area (Å²) in [6.07, 6.45) is 4.96. The number of carbonyl (C=O) groups is 1. The molecule has 0 aromatic carbocycles. The van der Waals surface area contributed by atoms with Crippen LogP contribution >= 0.6 is 11.3 Å². The quantitative estimate of drug-likeness (QED) is 0.616. The van der Waals surface area contributed by atoms with E-state index in [0.29, 0.717) is 4.88 Å². The van der Waals surface area contributed by atoms with Crippen LogP contribution in [0.3, 0.4) is 0 Å². The minimum absolute atomic E-state index is 0.265. The first-order valence-corrected chi connectivity index (χ1v) is 5.64. The number of carbonyl (C=O) groups excluding carboxylic acids is 1. The topological polar surface area (TPSA) is 38.3 Å². The van der Waals surface area contributed by atoms with Crippen LogP contribution in [0.4, 0.5) is 0 Å². The fourth-order valence-electron chi connectivity index (χ4n) is 1.15. The Morgan fingerprint density at radius 2 is 2.47 bits per heavy atom. The number of nitrogens with one attached hydrogen (secondary N) is 1. The van der Waals surface area contributed by atoms with E-state index in [1.165, 1.54) is 18.4 Å². The van der Waals surface area contributed by atoms with Crippen molar-refractivity contribution in [2.75, 3.05) is 20.7 Å². The third kappa shape index (κ3) is 3.49. The number of ether oxygens (including phenoxy) is 1. The lowest BCUT2D eigenvalue weighted by Crippen LogP contribution is -2.05. The van der Waals surface area contributed by atoms with Gasteiger partial charge in [-0.2, -0.15) is 0 Å². The molecule has 15 heavy (non-hydrogen) atoms. The standard InChI is InChI=1S/C11H15NO2S/c1-12-7-4-3-5-9-6-8-15-10(9)11(13)14-2/h3,5-6,8,12H,4,7H2,1-2H3. The number of hydrogen-bond donors (Lipinski definition) is 1. The molecule has 0 aliphatic heterocycles. The summed E-state index contributed by atoms with van der Waals surface area (Å²) in [6.45, 7) is 0.939. The van der Waals surface area contributed by atoms with Crippen LogP contribution in [0.2, 0.25) is 0 Å². The van der Waals surface area contributed by atoms with Crippen LogP contribution in [0.25, 0.3) is 6.08 Å². The zero-order valence-corrected chi connectivity index (χ0v) is 9.76. The van der Waals surface area contributed by atoms with Gasteiger partial charge in [-0.15, -0.1) is 11.3 Å². The summed E-state index contributed by atoms with van der Waals surface area (Å²) in [5.74, 6) is -0.265. The van der Waals surface area contributed by atoms with Crippen LogP contribution in [0.1, 0.15) is 21.7 Å². The Morgan fingerprint density at radius 1 is 1.67 bits per heavy atom. The number of methoxy groups -OCH3 is 1. The molecule has 0 spiro atoms. The monoisotopic (exact) mass is 225 g/mol. The van der Waals surface area contributed by atoms with Gasteiger partial charge in [0.2, 0.25) is 0 Å². The third-order valence-electron chi connectivity index (χ3n) is 1.92. The van der Waals surface area contributed by atoms with Crippen LogP contribution in [-0.2, 0) is 4.74 Å². The Hall–Kier alpha value is -1.13. The van der Waals surface area contributed by atoms with Crippen LogP contribution < -0.4 is 5.32 Å². The van der Waals surface area contributed by atoms with Gasteiger partial charge in [0.25, 0.3) is 0 Å². The van der Waals surface area contributed by atoms with E-state index in [0.717, 1.165) is 18.5 Å². The van der Waals surface area contributed by atoms with Crippen LogP contribution in [0.5, 0.6) is 0 Å². The van der Waals surface area contributed by atoms with Crippen molar-refractivity contribution in [3.05, 3.63) is 28.0 Å². The molecule has 0 radical (unpaired) electrons. The Labute approximate surface area is 93.8 Å². The number of thiophene rings is 1. The Kier molecular flexibility index (Phi) is 5.07. The highest BCUT2D eigenvalue weighted by Crippen LogP contribution is 2.19. The first-order chi connectivity index (χ1) is 7.29. The van der Waals surface area contributed by atoms with Crippen molar-refractivity contribution in [2.24, 2.45) is 0 Å². The van der Waals surface area contributed by atoms with Gasteiger partial charge in [-0.3, -0.25) is 0 Å². The summed E-state index contributed by atoms with van der Waals surface area (Å²) >= 11 is 1.40. The summed E-state index contributed by atoms with van der Waals surface area (Å²) in [7, 11) is 3.31. The van der Waals surface area contributed by atoms with Gasteiger partial charge in [-0.05, 0) is 37.0 Å². The molecule has 0 aliphatic rings. The number of hydrogen-bond acceptors (Lipinski definition) is 4. The van der Waals surface area contributed by atoms with Gasteiger partial charge >= 0.3 is 5.97 Å². The van der Waals surface area contributed by atoms with E-state index in [2.05, 4.69) is 10.1 Å². The molecular formula is C11H15NO2S. The first kappa shape index (κ1) is 11.9. The van der Waals surface area contributed by atoms with Crippen molar-refractivity contribution >= 4 is 23.4 Å². The van der Waals surface area contributed by atoms with E-state index >= 15 is 0 Å². The molecule has 0 amide bonds. The highest BCUT2D eigenvalue weighted by Gasteiger charge is 2.10. The molecule has 1 rings (SSSR count). The SMILES string of the molecule is CNCCC=Cc1ccsc1C(=O)OC. The maximum absolute atomic E-state index is 11.3. The molecule has 82 valence electrons. The van der Waals surface area contributed by atoms with E-state index in [1.807, 2.05) is 30.6 Å². The summed E-state index contributed by atoms with van der Waals surface area (Å²) in [5, 5.41) is 4.95. The molecule has 1 heterocycles. The number of rotatable bonds is 5. The molecule has 0 saturated heterocycles. The smallest absolute Gasteiger partial charge is 0.348 e. The zero-order valence-electron chi connectivity index (χ0n) is 8.95.